The third-order valence-electron chi connectivity index (χ3n) is 3.70. The molecule has 1 fully saturated rings. The summed E-state index contributed by atoms with van der Waals surface area (Å²) in [5, 5.41) is 0. The van der Waals surface area contributed by atoms with E-state index in [-0.39, 0.29) is 6.03 Å². The van der Waals surface area contributed by atoms with E-state index in [1.807, 2.05) is 11.8 Å². The number of amides is 2. The molecule has 0 saturated heterocycles. The molecule has 1 aliphatic heterocycles. The van der Waals surface area contributed by atoms with Crippen LogP contribution in [-0.2, 0) is 0 Å². The molecule has 1 aliphatic carbocycles. The lowest BCUT2D eigenvalue weighted by Crippen LogP contribution is -2.47. The van der Waals surface area contributed by atoms with Gasteiger partial charge in [0.15, 0.2) is 11.6 Å². The molecule has 3 rings (SSSR count). The van der Waals surface area contributed by atoms with Crippen molar-refractivity contribution in [2.75, 3.05) is 11.4 Å². The van der Waals surface area contributed by atoms with Gasteiger partial charge in [-0.2, -0.15) is 0 Å². The van der Waals surface area contributed by atoms with Crippen LogP contribution in [-0.4, -0.2) is 33.5 Å². The summed E-state index contributed by atoms with van der Waals surface area (Å²) in [6.07, 6.45) is 3.77. The Morgan fingerprint density at radius 2 is 2.19 bits per heavy atom. The molecule has 0 aromatic carbocycles. The minimum absolute atomic E-state index is 0.00153. The standard InChI is InChI=1S/C16H20N4O/c1-4-6-7-13-17-14-11(3)20(12-8-9-12)16(21)19(10-5-2)15(14)18-13/h12H,3-5,8-10H2,1-2H3,(H,17,18). The lowest BCUT2D eigenvalue weighted by molar-refractivity contribution is 0.221. The number of aromatic nitrogens is 2. The van der Waals surface area contributed by atoms with Crippen molar-refractivity contribution in [1.29, 1.82) is 0 Å². The first-order chi connectivity index (χ1) is 10.2. The van der Waals surface area contributed by atoms with E-state index in [0.29, 0.717) is 24.2 Å². The van der Waals surface area contributed by atoms with Crippen molar-refractivity contribution in [1.82, 2.24) is 14.9 Å². The Kier molecular flexibility index (Phi) is 3.46. The zero-order valence-corrected chi connectivity index (χ0v) is 12.6. The van der Waals surface area contributed by atoms with Gasteiger partial charge in [-0.25, -0.2) is 9.78 Å². The Balaban J connectivity index is 2.03. The van der Waals surface area contributed by atoms with Gasteiger partial charge in [0.05, 0.1) is 5.70 Å². The highest BCUT2D eigenvalue weighted by atomic mass is 16.2. The number of hydrogen-bond acceptors (Lipinski definition) is 2. The summed E-state index contributed by atoms with van der Waals surface area (Å²) < 4.78 is 0. The molecule has 1 aromatic rings. The molecule has 0 bridgehead atoms. The summed E-state index contributed by atoms with van der Waals surface area (Å²) >= 11 is 0. The first-order valence-corrected chi connectivity index (χ1v) is 7.56. The minimum Gasteiger partial charge on any atom is -0.328 e. The fourth-order valence-electron chi connectivity index (χ4n) is 2.58. The molecule has 1 N–H and O–H groups in total. The molecular weight excluding hydrogens is 264 g/mol. The first kappa shape index (κ1) is 13.7. The topological polar surface area (TPSA) is 52.2 Å². The molecule has 110 valence electrons. The summed E-state index contributed by atoms with van der Waals surface area (Å²) in [6, 6.07) is 0.296. The number of hydrogen-bond donors (Lipinski definition) is 1. The Hall–Kier alpha value is -2.22. The molecule has 5 nitrogen and oxygen atoms in total. The lowest BCUT2D eigenvalue weighted by atomic mass is 10.2. The zero-order valence-electron chi connectivity index (χ0n) is 12.6. The van der Waals surface area contributed by atoms with Gasteiger partial charge in [0.1, 0.15) is 5.69 Å². The van der Waals surface area contributed by atoms with E-state index < -0.39 is 0 Å². The van der Waals surface area contributed by atoms with E-state index in [2.05, 4.69) is 35.3 Å². The Bertz CT molecular complexity index is 645. The van der Waals surface area contributed by atoms with Crippen molar-refractivity contribution < 1.29 is 4.79 Å². The molecule has 2 amide bonds. The highest BCUT2D eigenvalue weighted by Crippen LogP contribution is 2.40. The number of imidazole rings is 1. The van der Waals surface area contributed by atoms with Gasteiger partial charge in [0.2, 0.25) is 0 Å². The highest BCUT2D eigenvalue weighted by molar-refractivity contribution is 6.03. The molecule has 5 heteroatoms. The van der Waals surface area contributed by atoms with Crippen molar-refractivity contribution in [3.63, 3.8) is 0 Å². The van der Waals surface area contributed by atoms with E-state index in [4.69, 9.17) is 0 Å². The predicted molar refractivity (Wildman–Crippen MR) is 82.7 cm³/mol. The number of carbonyl (C=O) groups is 1. The van der Waals surface area contributed by atoms with E-state index in [9.17, 15) is 4.79 Å². The van der Waals surface area contributed by atoms with Crippen LogP contribution in [0.4, 0.5) is 10.6 Å². The number of aromatic amines is 1. The van der Waals surface area contributed by atoms with Crippen LogP contribution in [0.5, 0.6) is 0 Å². The van der Waals surface area contributed by atoms with Crippen molar-refractivity contribution in [3.8, 4) is 11.8 Å². The van der Waals surface area contributed by atoms with Crippen LogP contribution in [0, 0.1) is 11.8 Å². The number of nitrogens with zero attached hydrogens (tertiary/aromatic N) is 3. The third kappa shape index (κ3) is 2.31. The van der Waals surface area contributed by atoms with Gasteiger partial charge >= 0.3 is 6.03 Å². The normalized spacial score (nSPS) is 17.6. The molecule has 0 atom stereocenters. The monoisotopic (exact) mass is 284 g/mol. The maximum Gasteiger partial charge on any atom is 0.330 e. The second-order valence-corrected chi connectivity index (χ2v) is 5.42. The third-order valence-corrected chi connectivity index (χ3v) is 3.70. The van der Waals surface area contributed by atoms with Gasteiger partial charge in [0, 0.05) is 19.0 Å². The average Bonchev–Trinajstić information content (AvgIpc) is 3.20. The Morgan fingerprint density at radius 3 is 2.81 bits per heavy atom. The number of anilines is 1. The van der Waals surface area contributed by atoms with Crippen LogP contribution in [0.3, 0.4) is 0 Å². The number of carbonyl (C=O) groups excluding carboxylic acids is 1. The van der Waals surface area contributed by atoms with E-state index >= 15 is 0 Å². The van der Waals surface area contributed by atoms with Crippen molar-refractivity contribution in [3.05, 3.63) is 18.1 Å². The number of H-pyrrole nitrogens is 1. The van der Waals surface area contributed by atoms with Gasteiger partial charge in [0.25, 0.3) is 0 Å². The van der Waals surface area contributed by atoms with Crippen LogP contribution in [0.25, 0.3) is 5.70 Å². The molecule has 1 aromatic heterocycles. The van der Waals surface area contributed by atoms with Gasteiger partial charge in [-0.15, -0.1) is 0 Å². The van der Waals surface area contributed by atoms with E-state index in [1.165, 1.54) is 0 Å². The quantitative estimate of drug-likeness (QED) is 0.868. The molecule has 0 spiro atoms. The van der Waals surface area contributed by atoms with Crippen molar-refractivity contribution in [2.45, 2.75) is 45.6 Å². The number of nitrogens with one attached hydrogen (secondary N) is 1. The molecular formula is C16H20N4O. The lowest BCUT2D eigenvalue weighted by Gasteiger charge is -2.35. The fraction of sp³-hybridized carbons (Fsp3) is 0.500. The van der Waals surface area contributed by atoms with Crippen LogP contribution in [0.1, 0.15) is 51.0 Å². The number of fused-ring (bicyclic) bond motifs is 1. The molecule has 2 heterocycles. The second kappa shape index (κ2) is 5.28. The average molecular weight is 284 g/mol. The highest BCUT2D eigenvalue weighted by Gasteiger charge is 2.43. The molecule has 2 aliphatic rings. The maximum absolute atomic E-state index is 12.7. The first-order valence-electron chi connectivity index (χ1n) is 7.56. The smallest absolute Gasteiger partial charge is 0.328 e. The van der Waals surface area contributed by atoms with Gasteiger partial charge in [-0.3, -0.25) is 9.80 Å². The van der Waals surface area contributed by atoms with Crippen molar-refractivity contribution in [2.24, 2.45) is 0 Å². The summed E-state index contributed by atoms with van der Waals surface area (Å²) in [5.74, 6) is 7.27. The minimum atomic E-state index is -0.00153. The summed E-state index contributed by atoms with van der Waals surface area (Å²) in [4.78, 5) is 24.0. The van der Waals surface area contributed by atoms with Crippen molar-refractivity contribution >= 4 is 17.5 Å². The maximum atomic E-state index is 12.7. The number of urea groups is 1. The Labute approximate surface area is 125 Å². The van der Waals surface area contributed by atoms with Crippen LogP contribution < -0.4 is 4.90 Å². The van der Waals surface area contributed by atoms with Gasteiger partial charge in [-0.05, 0) is 25.2 Å². The summed E-state index contributed by atoms with van der Waals surface area (Å²) in [5.41, 5.74) is 1.55. The summed E-state index contributed by atoms with van der Waals surface area (Å²) in [7, 11) is 0. The van der Waals surface area contributed by atoms with Crippen LogP contribution in [0.2, 0.25) is 0 Å². The van der Waals surface area contributed by atoms with Gasteiger partial charge in [-0.1, -0.05) is 26.3 Å². The van der Waals surface area contributed by atoms with Crippen LogP contribution >= 0.6 is 0 Å². The zero-order chi connectivity index (χ0) is 15.0. The van der Waals surface area contributed by atoms with E-state index in [1.54, 1.807) is 4.90 Å². The SMILES string of the molecule is C=C1c2[nH]c(C#CCC)nc2N(CCC)C(=O)N1C1CC1. The second-order valence-electron chi connectivity index (χ2n) is 5.42. The molecule has 0 unspecified atom stereocenters. The Morgan fingerprint density at radius 1 is 1.43 bits per heavy atom. The number of rotatable bonds is 3. The molecule has 1 saturated carbocycles. The van der Waals surface area contributed by atoms with Gasteiger partial charge < -0.3 is 4.98 Å². The largest absolute Gasteiger partial charge is 0.330 e. The van der Waals surface area contributed by atoms with E-state index in [0.717, 1.165) is 37.1 Å². The summed E-state index contributed by atoms with van der Waals surface area (Å²) in [6.45, 7) is 8.81. The predicted octanol–water partition coefficient (Wildman–Crippen LogP) is 2.96. The molecule has 21 heavy (non-hydrogen) atoms. The fourth-order valence-corrected chi connectivity index (χ4v) is 2.58. The molecule has 0 radical (unpaired) electrons. The van der Waals surface area contributed by atoms with Crippen LogP contribution in [0.15, 0.2) is 6.58 Å².